The normalized spacial score (nSPS) is 12.8. The lowest BCUT2D eigenvalue weighted by Crippen LogP contribution is -2.28. The molecule has 6 aromatic rings. The first kappa shape index (κ1) is 45.6. The number of nitrogens with one attached hydrogen (secondary N) is 1. The number of benzene rings is 5. The quantitative estimate of drug-likeness (QED) is 0.132. The van der Waals surface area contributed by atoms with Gasteiger partial charge in [0.05, 0.1) is 36.4 Å². The number of carbonyl (C=O) groups excluding carboxylic acids is 3. The van der Waals surface area contributed by atoms with Crippen molar-refractivity contribution in [2.45, 2.75) is 12.5 Å². The average Bonchev–Trinajstić information content (AvgIpc) is 3.20. The number of carbonyl (C=O) groups is 3. The molecule has 0 amide bonds. The zero-order chi connectivity index (χ0) is 42.6. The Labute approximate surface area is 352 Å². The molecule has 1 aliphatic rings. The van der Waals surface area contributed by atoms with E-state index < -0.39 is 23.2 Å². The van der Waals surface area contributed by atoms with Gasteiger partial charge in [-0.15, -0.1) is 0 Å². The molecule has 302 valence electrons. The highest BCUT2D eigenvalue weighted by atomic mass is 36.0. The summed E-state index contributed by atoms with van der Waals surface area (Å²) in [6.07, 6.45) is 0.217. The number of methoxy groups -OCH3 is 2. The molecule has 0 radical (unpaired) electrons. The Morgan fingerprint density at radius 1 is 0.759 bits per heavy atom. The maximum atomic E-state index is 13.0. The van der Waals surface area contributed by atoms with Crippen LogP contribution in [0.1, 0.15) is 37.9 Å². The Balaban J connectivity index is 0.000000194. The van der Waals surface area contributed by atoms with E-state index in [-0.39, 0.29) is 29.0 Å². The van der Waals surface area contributed by atoms with E-state index in [1.54, 1.807) is 60.7 Å². The Bertz CT molecular complexity index is 2420. The third-order valence-electron chi connectivity index (χ3n) is 8.15. The van der Waals surface area contributed by atoms with Gasteiger partial charge in [0.1, 0.15) is 23.4 Å². The molecule has 1 atom stereocenters. The minimum absolute atomic E-state index is 0.0267. The summed E-state index contributed by atoms with van der Waals surface area (Å²) in [5, 5.41) is 0.102. The minimum Gasteiger partial charge on any atom is -0.465 e. The Kier molecular flexibility index (Phi) is 16.6. The van der Waals surface area contributed by atoms with Gasteiger partial charge in [-0.05, 0) is 130 Å². The number of fused-ring (bicyclic) bond motifs is 2. The lowest BCUT2D eigenvalue weighted by atomic mass is 9.91. The smallest absolute Gasteiger partial charge is 0.339 e. The van der Waals surface area contributed by atoms with Crippen LogP contribution in [0.3, 0.4) is 0 Å². The van der Waals surface area contributed by atoms with Crippen LogP contribution in [0.2, 0.25) is 5.15 Å². The van der Waals surface area contributed by atoms with Gasteiger partial charge in [0, 0.05) is 37.5 Å². The summed E-state index contributed by atoms with van der Waals surface area (Å²) < 4.78 is 44.8. The van der Waals surface area contributed by atoms with E-state index in [4.69, 9.17) is 11.6 Å². The van der Waals surface area contributed by atoms with Crippen molar-refractivity contribution in [2.75, 3.05) is 38.5 Å². The second-order valence-electron chi connectivity index (χ2n) is 12.3. The monoisotopic (exact) mass is 888 g/mol. The molecule has 0 saturated heterocycles. The number of anilines is 2. The topological polar surface area (TPSA) is 128 Å². The molecule has 2 heterocycles. The molecule has 0 saturated carbocycles. The van der Waals surface area contributed by atoms with Crippen molar-refractivity contribution >= 4 is 90.7 Å². The summed E-state index contributed by atoms with van der Waals surface area (Å²) >= 11 is 20.0. The highest BCUT2D eigenvalue weighted by Gasteiger charge is 2.27. The Morgan fingerprint density at radius 2 is 1.29 bits per heavy atom. The van der Waals surface area contributed by atoms with Gasteiger partial charge in [0.15, 0.2) is 10.9 Å². The van der Waals surface area contributed by atoms with Gasteiger partial charge in [-0.2, -0.15) is 0 Å². The number of ketones is 1. The molecule has 1 aliphatic heterocycles. The highest BCUT2D eigenvalue weighted by molar-refractivity contribution is 8.24. The van der Waals surface area contributed by atoms with Crippen LogP contribution in [0.25, 0.3) is 22.3 Å². The highest BCUT2D eigenvalue weighted by Crippen LogP contribution is 2.61. The van der Waals surface area contributed by atoms with Crippen molar-refractivity contribution in [3.63, 3.8) is 0 Å². The lowest BCUT2D eigenvalue weighted by Gasteiger charge is -2.26. The van der Waals surface area contributed by atoms with E-state index in [9.17, 15) is 27.7 Å². The summed E-state index contributed by atoms with van der Waals surface area (Å²) in [6.45, 7) is 0. The first-order valence-corrected chi connectivity index (χ1v) is 21.8. The summed E-state index contributed by atoms with van der Waals surface area (Å²) in [7, 11) is 6.70. The number of para-hydroxylation sites is 1. The summed E-state index contributed by atoms with van der Waals surface area (Å²) in [6, 6.07) is 31.3. The number of rotatable bonds is 5. The fraction of sp³-hybridized carbons (Fsp3) is 0.146. The first-order valence-electron chi connectivity index (χ1n) is 17.0. The second kappa shape index (κ2) is 21.1. The fourth-order valence-electron chi connectivity index (χ4n) is 5.37. The van der Waals surface area contributed by atoms with Crippen LogP contribution in [0.15, 0.2) is 115 Å². The molecule has 1 unspecified atom stereocenters. The predicted molar refractivity (Wildman–Crippen MR) is 226 cm³/mol. The Morgan fingerprint density at radius 3 is 1.83 bits per heavy atom. The molecule has 7 rings (SSSR count). The second-order valence-corrected chi connectivity index (χ2v) is 19.3. The van der Waals surface area contributed by atoms with Crippen LogP contribution in [0.5, 0.6) is 0 Å². The summed E-state index contributed by atoms with van der Waals surface area (Å²) in [5.74, 6) is -1.59. The van der Waals surface area contributed by atoms with Crippen molar-refractivity contribution in [3.05, 3.63) is 154 Å². The number of Topliss-reactive ketones (excluding diaryl/α,β-unsaturated/α-hetero) is 1. The molecule has 58 heavy (non-hydrogen) atoms. The van der Waals surface area contributed by atoms with Crippen molar-refractivity contribution < 1.29 is 37.2 Å². The molecule has 0 spiro atoms. The fourth-order valence-corrected chi connectivity index (χ4v) is 5.61. The zero-order valence-electron chi connectivity index (χ0n) is 31.3. The molecule has 10 nitrogen and oxygen atoms in total. The molecule has 17 heteroatoms. The average molecular weight is 891 g/mol. The van der Waals surface area contributed by atoms with Crippen molar-refractivity contribution in [1.82, 2.24) is 9.97 Å². The SMILES string of the molecule is CN(C)c1ccccc1.COC(=O)c1ccc2c(c1)CC(=O)C(c1ccc(F)cc1)N2.COC(=O)c1ccc2nc(-c3ccc(F)cc3)c(Cl)nc2c1.O=P(Cl)(Cl)Cl. The number of hydrogen-bond donors (Lipinski definition) is 1. The van der Waals surface area contributed by atoms with Gasteiger partial charge < -0.3 is 19.7 Å². The van der Waals surface area contributed by atoms with E-state index >= 15 is 0 Å². The number of nitrogens with zero attached hydrogens (tertiary/aromatic N) is 3. The first-order chi connectivity index (χ1) is 27.5. The number of halogens is 6. The van der Waals surface area contributed by atoms with Gasteiger partial charge >= 0.3 is 17.1 Å². The van der Waals surface area contributed by atoms with E-state index in [0.717, 1.165) is 11.3 Å². The van der Waals surface area contributed by atoms with Crippen LogP contribution in [0, 0.1) is 11.6 Å². The predicted octanol–water partition coefficient (Wildman–Crippen LogP) is 11.3. The number of aromatic nitrogens is 2. The molecule has 0 bridgehead atoms. The van der Waals surface area contributed by atoms with Gasteiger partial charge in [0.2, 0.25) is 0 Å². The van der Waals surface area contributed by atoms with Crippen molar-refractivity contribution in [2.24, 2.45) is 0 Å². The summed E-state index contributed by atoms with van der Waals surface area (Å²) in [5.41, 5.74) is 6.48. The van der Waals surface area contributed by atoms with Crippen LogP contribution in [0.4, 0.5) is 20.2 Å². The Hall–Kier alpha value is -5.10. The van der Waals surface area contributed by atoms with E-state index in [1.807, 2.05) is 32.3 Å². The van der Waals surface area contributed by atoms with Gasteiger partial charge in [0.25, 0.3) is 0 Å². The largest absolute Gasteiger partial charge is 0.465 e. The third kappa shape index (κ3) is 13.5. The van der Waals surface area contributed by atoms with Crippen molar-refractivity contribution in [3.8, 4) is 11.3 Å². The van der Waals surface area contributed by atoms with Crippen LogP contribution < -0.4 is 10.2 Å². The lowest BCUT2D eigenvalue weighted by molar-refractivity contribution is -0.119. The van der Waals surface area contributed by atoms with Gasteiger partial charge in [-0.1, -0.05) is 41.9 Å². The van der Waals surface area contributed by atoms with E-state index in [0.29, 0.717) is 39.0 Å². The van der Waals surface area contributed by atoms with Gasteiger partial charge in [-0.25, -0.2) is 28.3 Å². The standard InChI is InChI=1S/C17H14FNO3.C16H10ClFN2O2.C8H11N.Cl3OP/c1-22-17(21)11-4-7-14-12(8-11)9-15(20)16(19-14)10-2-5-13(18)6-3-10;1-22-16(21)10-4-7-12-13(8-10)20-15(17)14(19-12)9-2-5-11(18)6-3-9;1-9(2)8-6-4-3-5-7-8;1-5(2,3)4/h2-8,16,19H,9H2,1H3;2-8H,1H3;3-7H,1-2H3;. The maximum Gasteiger partial charge on any atom is 0.339 e. The maximum absolute atomic E-state index is 13.0. The van der Waals surface area contributed by atoms with E-state index in [2.05, 4.69) is 75.5 Å². The van der Waals surface area contributed by atoms with Crippen LogP contribution >= 0.6 is 50.5 Å². The van der Waals surface area contributed by atoms with E-state index in [1.165, 1.54) is 44.2 Å². The number of esters is 2. The molecule has 0 fully saturated rings. The molecule has 0 aliphatic carbocycles. The third-order valence-corrected chi connectivity index (χ3v) is 8.41. The number of hydrogen-bond acceptors (Lipinski definition) is 10. The van der Waals surface area contributed by atoms with Crippen molar-refractivity contribution in [1.29, 1.82) is 0 Å². The van der Waals surface area contributed by atoms with Crippen LogP contribution in [-0.4, -0.2) is 56.0 Å². The van der Waals surface area contributed by atoms with Gasteiger partial charge in [-0.3, -0.25) is 9.36 Å². The molecular formula is C41H35Cl4F2N4O6P. The minimum atomic E-state index is -3.22. The molecule has 1 aromatic heterocycles. The molecule has 5 aromatic carbocycles. The molecule has 1 N–H and O–H groups in total. The zero-order valence-corrected chi connectivity index (χ0v) is 35.2. The summed E-state index contributed by atoms with van der Waals surface area (Å²) in [4.78, 5) is 46.1. The number of ether oxygens (including phenoxy) is 2. The molecular weight excluding hydrogens is 855 g/mol. The van der Waals surface area contributed by atoms with Crippen LogP contribution in [-0.2, 0) is 25.3 Å².